The number of hydrogen-bond acceptors (Lipinski definition) is 4. The van der Waals surface area contributed by atoms with E-state index in [0.29, 0.717) is 11.5 Å². The molecule has 2 heterocycles. The summed E-state index contributed by atoms with van der Waals surface area (Å²) in [4.78, 5) is 29.5. The van der Waals surface area contributed by atoms with Gasteiger partial charge in [-0.25, -0.2) is 4.98 Å². The minimum Gasteiger partial charge on any atom is -0.472 e. The lowest BCUT2D eigenvalue weighted by molar-refractivity contribution is -0.116. The van der Waals surface area contributed by atoms with Crippen LogP contribution in [0.15, 0.2) is 35.4 Å². The summed E-state index contributed by atoms with van der Waals surface area (Å²) < 4.78 is 4.78. The Labute approximate surface area is 103 Å². The van der Waals surface area contributed by atoms with E-state index in [1.807, 2.05) is 0 Å². The van der Waals surface area contributed by atoms with Crippen LogP contribution in [0.5, 0.6) is 0 Å². The van der Waals surface area contributed by atoms with E-state index in [2.05, 4.69) is 20.6 Å². The fourth-order valence-electron chi connectivity index (χ4n) is 1.31. The molecule has 0 aliphatic carbocycles. The van der Waals surface area contributed by atoms with Gasteiger partial charge in [0.2, 0.25) is 11.9 Å². The molecular formula is C11H12N4O3. The first-order valence-electron chi connectivity index (χ1n) is 5.35. The fraction of sp³-hybridized carbons (Fsp3) is 0.182. The van der Waals surface area contributed by atoms with Crippen LogP contribution in [0.25, 0.3) is 0 Å². The summed E-state index contributed by atoms with van der Waals surface area (Å²) in [7, 11) is 0. The van der Waals surface area contributed by atoms with Gasteiger partial charge in [0.15, 0.2) is 0 Å². The van der Waals surface area contributed by atoms with Crippen LogP contribution in [0.4, 0.5) is 5.95 Å². The van der Waals surface area contributed by atoms with Gasteiger partial charge in [-0.2, -0.15) is 0 Å². The molecule has 0 radical (unpaired) electrons. The Morgan fingerprint density at radius 3 is 3.00 bits per heavy atom. The molecule has 3 N–H and O–H groups in total. The zero-order valence-corrected chi connectivity index (χ0v) is 9.47. The van der Waals surface area contributed by atoms with Gasteiger partial charge in [-0.3, -0.25) is 14.9 Å². The standard InChI is InChI=1S/C11H12N4O3/c16-9(15-11-13-4-5-14-11)1-3-12-10(17)8-2-6-18-7-8/h2,4-7H,1,3H2,(H,12,17)(H2,13,14,15,16). The van der Waals surface area contributed by atoms with Crippen molar-refractivity contribution in [2.75, 3.05) is 11.9 Å². The molecule has 0 saturated carbocycles. The molecule has 0 aromatic carbocycles. The van der Waals surface area contributed by atoms with Gasteiger partial charge in [-0.1, -0.05) is 0 Å². The van der Waals surface area contributed by atoms with Crippen molar-refractivity contribution in [3.8, 4) is 0 Å². The number of H-pyrrole nitrogens is 1. The zero-order valence-electron chi connectivity index (χ0n) is 9.47. The van der Waals surface area contributed by atoms with Gasteiger partial charge in [0.25, 0.3) is 5.91 Å². The summed E-state index contributed by atoms with van der Waals surface area (Å²) in [6.07, 6.45) is 6.08. The second kappa shape index (κ2) is 5.67. The Morgan fingerprint density at radius 2 is 2.33 bits per heavy atom. The van der Waals surface area contributed by atoms with Crippen molar-refractivity contribution in [1.82, 2.24) is 15.3 Å². The maximum atomic E-state index is 11.5. The normalized spacial score (nSPS) is 10.0. The zero-order chi connectivity index (χ0) is 12.8. The van der Waals surface area contributed by atoms with Crippen LogP contribution in [-0.2, 0) is 4.79 Å². The molecule has 2 aromatic rings. The van der Waals surface area contributed by atoms with Gasteiger partial charge in [0, 0.05) is 25.4 Å². The number of carbonyl (C=O) groups excluding carboxylic acids is 2. The fourth-order valence-corrected chi connectivity index (χ4v) is 1.31. The van der Waals surface area contributed by atoms with Crippen LogP contribution in [0, 0.1) is 0 Å². The third kappa shape index (κ3) is 3.21. The maximum absolute atomic E-state index is 11.5. The van der Waals surface area contributed by atoms with E-state index >= 15 is 0 Å². The highest BCUT2D eigenvalue weighted by molar-refractivity contribution is 5.94. The predicted octanol–water partition coefficient (Wildman–Crippen LogP) is 0.761. The van der Waals surface area contributed by atoms with Crippen LogP contribution < -0.4 is 10.6 Å². The molecule has 0 spiro atoms. The number of amides is 2. The van der Waals surface area contributed by atoms with Crippen molar-refractivity contribution in [3.63, 3.8) is 0 Å². The molecule has 0 aliphatic heterocycles. The van der Waals surface area contributed by atoms with Crippen molar-refractivity contribution in [2.24, 2.45) is 0 Å². The summed E-state index contributed by atoms with van der Waals surface area (Å²) in [5, 5.41) is 5.16. The van der Waals surface area contributed by atoms with E-state index in [1.54, 1.807) is 12.3 Å². The van der Waals surface area contributed by atoms with Gasteiger partial charge in [-0.05, 0) is 6.07 Å². The van der Waals surface area contributed by atoms with E-state index in [9.17, 15) is 9.59 Å². The number of rotatable bonds is 5. The van der Waals surface area contributed by atoms with Gasteiger partial charge in [0.05, 0.1) is 11.8 Å². The quantitative estimate of drug-likeness (QED) is 0.727. The highest BCUT2D eigenvalue weighted by Crippen LogP contribution is 1.99. The lowest BCUT2D eigenvalue weighted by Gasteiger charge is -2.03. The lowest BCUT2D eigenvalue weighted by Crippen LogP contribution is -2.27. The summed E-state index contributed by atoms with van der Waals surface area (Å²) in [5.41, 5.74) is 0.432. The average molecular weight is 248 g/mol. The van der Waals surface area contributed by atoms with Crippen molar-refractivity contribution in [3.05, 3.63) is 36.5 Å². The second-order valence-electron chi connectivity index (χ2n) is 3.50. The molecule has 0 saturated heterocycles. The highest BCUT2D eigenvalue weighted by Gasteiger charge is 2.08. The van der Waals surface area contributed by atoms with Crippen molar-refractivity contribution < 1.29 is 14.0 Å². The molecule has 2 aromatic heterocycles. The third-order valence-electron chi connectivity index (χ3n) is 2.18. The summed E-state index contributed by atoms with van der Waals surface area (Å²) in [6, 6.07) is 1.55. The van der Waals surface area contributed by atoms with Crippen molar-refractivity contribution in [2.45, 2.75) is 6.42 Å². The molecule has 0 atom stereocenters. The molecule has 0 unspecified atom stereocenters. The topological polar surface area (TPSA) is 100 Å². The summed E-state index contributed by atoms with van der Waals surface area (Å²) >= 11 is 0. The molecule has 18 heavy (non-hydrogen) atoms. The minimum absolute atomic E-state index is 0.171. The molecule has 2 amide bonds. The number of imidazole rings is 1. The van der Waals surface area contributed by atoms with Crippen LogP contribution in [0.3, 0.4) is 0 Å². The number of aromatic nitrogens is 2. The van der Waals surface area contributed by atoms with E-state index in [-0.39, 0.29) is 24.8 Å². The molecule has 7 nitrogen and oxygen atoms in total. The summed E-state index contributed by atoms with van der Waals surface area (Å²) in [6.45, 7) is 0.247. The van der Waals surface area contributed by atoms with E-state index in [0.717, 1.165) is 0 Å². The first kappa shape index (κ1) is 11.9. The highest BCUT2D eigenvalue weighted by atomic mass is 16.3. The van der Waals surface area contributed by atoms with Crippen molar-refractivity contribution >= 4 is 17.8 Å². The van der Waals surface area contributed by atoms with Gasteiger partial charge < -0.3 is 14.7 Å². The Kier molecular flexibility index (Phi) is 3.75. The first-order valence-corrected chi connectivity index (χ1v) is 5.35. The average Bonchev–Trinajstić information content (AvgIpc) is 3.00. The number of furan rings is 1. The number of carbonyl (C=O) groups is 2. The Balaban J connectivity index is 1.69. The second-order valence-corrected chi connectivity index (χ2v) is 3.50. The summed E-state index contributed by atoms with van der Waals surface area (Å²) in [5.74, 6) is -0.104. The third-order valence-corrected chi connectivity index (χ3v) is 2.18. The number of nitrogens with zero attached hydrogens (tertiary/aromatic N) is 1. The van der Waals surface area contributed by atoms with Crippen molar-refractivity contribution in [1.29, 1.82) is 0 Å². The molecule has 0 aliphatic rings. The van der Waals surface area contributed by atoms with Gasteiger partial charge >= 0.3 is 0 Å². The number of nitrogens with one attached hydrogen (secondary N) is 3. The SMILES string of the molecule is O=C(CCNC(=O)c1ccoc1)Nc1ncc[nH]1. The molecule has 2 rings (SSSR count). The van der Waals surface area contributed by atoms with E-state index in [4.69, 9.17) is 4.42 Å². The van der Waals surface area contributed by atoms with E-state index < -0.39 is 0 Å². The molecule has 7 heteroatoms. The maximum Gasteiger partial charge on any atom is 0.254 e. The van der Waals surface area contributed by atoms with Crippen LogP contribution in [0.1, 0.15) is 16.8 Å². The van der Waals surface area contributed by atoms with Crippen LogP contribution in [0.2, 0.25) is 0 Å². The van der Waals surface area contributed by atoms with Crippen LogP contribution in [-0.4, -0.2) is 28.3 Å². The number of anilines is 1. The first-order chi connectivity index (χ1) is 8.75. The smallest absolute Gasteiger partial charge is 0.254 e. The van der Waals surface area contributed by atoms with Crippen LogP contribution >= 0.6 is 0 Å². The molecular weight excluding hydrogens is 236 g/mol. The predicted molar refractivity (Wildman–Crippen MR) is 62.9 cm³/mol. The molecule has 0 bridgehead atoms. The number of hydrogen-bond donors (Lipinski definition) is 3. The van der Waals surface area contributed by atoms with Gasteiger partial charge in [0.1, 0.15) is 6.26 Å². The Bertz CT molecular complexity index is 504. The molecule has 0 fully saturated rings. The van der Waals surface area contributed by atoms with Gasteiger partial charge in [-0.15, -0.1) is 0 Å². The largest absolute Gasteiger partial charge is 0.472 e. The molecule has 94 valence electrons. The minimum atomic E-state index is -0.269. The monoisotopic (exact) mass is 248 g/mol. The van der Waals surface area contributed by atoms with E-state index in [1.165, 1.54) is 18.7 Å². The lowest BCUT2D eigenvalue weighted by atomic mass is 10.3. The Hall–Kier alpha value is -2.57. The Morgan fingerprint density at radius 1 is 1.44 bits per heavy atom. The number of aromatic amines is 1.